The van der Waals surface area contributed by atoms with Crippen molar-refractivity contribution in [1.82, 2.24) is 10.3 Å². The Morgan fingerprint density at radius 3 is 2.68 bits per heavy atom. The summed E-state index contributed by atoms with van der Waals surface area (Å²) in [7, 11) is 0. The summed E-state index contributed by atoms with van der Waals surface area (Å²) in [6, 6.07) is 6.87. The fraction of sp³-hybridized carbons (Fsp3) is 0.438. The number of hydrogen-bond donors (Lipinski definition) is 1. The lowest BCUT2D eigenvalue weighted by Gasteiger charge is -2.14. The molecule has 102 valence electrons. The number of benzene rings is 1. The molecule has 1 unspecified atom stereocenters. The lowest BCUT2D eigenvalue weighted by Crippen LogP contribution is -2.18. The molecule has 0 aliphatic rings. The number of nitrogens with one attached hydrogen (secondary N) is 1. The first-order valence-electron chi connectivity index (χ1n) is 6.84. The standard InChI is InChI=1S/C16H22N2O/c1-5-15-9-18-16(19-15)10-17-13(4)14-7-6-11(2)12(3)8-14/h6-9,13,17H,5,10H2,1-4H3. The predicted molar refractivity (Wildman–Crippen MR) is 77.1 cm³/mol. The summed E-state index contributed by atoms with van der Waals surface area (Å²) in [5.41, 5.74) is 3.96. The van der Waals surface area contributed by atoms with E-state index in [-0.39, 0.29) is 6.04 Å². The third-order valence-corrected chi connectivity index (χ3v) is 3.54. The Morgan fingerprint density at radius 2 is 2.05 bits per heavy atom. The first kappa shape index (κ1) is 13.8. The minimum Gasteiger partial charge on any atom is -0.444 e. The lowest BCUT2D eigenvalue weighted by atomic mass is 10.0. The van der Waals surface area contributed by atoms with Crippen LogP contribution in [0.2, 0.25) is 0 Å². The van der Waals surface area contributed by atoms with Gasteiger partial charge in [0.1, 0.15) is 5.76 Å². The highest BCUT2D eigenvalue weighted by Crippen LogP contribution is 2.17. The monoisotopic (exact) mass is 258 g/mol. The molecule has 2 aromatic rings. The van der Waals surface area contributed by atoms with E-state index in [9.17, 15) is 0 Å². The molecule has 0 amide bonds. The molecule has 1 N–H and O–H groups in total. The second-order valence-corrected chi connectivity index (χ2v) is 5.02. The first-order chi connectivity index (χ1) is 9.10. The Hall–Kier alpha value is -1.61. The van der Waals surface area contributed by atoms with E-state index in [1.54, 1.807) is 6.20 Å². The van der Waals surface area contributed by atoms with Gasteiger partial charge in [-0.05, 0) is 37.5 Å². The summed E-state index contributed by atoms with van der Waals surface area (Å²) in [6.07, 6.45) is 2.69. The van der Waals surface area contributed by atoms with Crippen LogP contribution >= 0.6 is 0 Å². The second-order valence-electron chi connectivity index (χ2n) is 5.02. The van der Waals surface area contributed by atoms with Crippen molar-refractivity contribution in [2.45, 2.75) is 46.7 Å². The number of rotatable bonds is 5. The van der Waals surface area contributed by atoms with Gasteiger partial charge < -0.3 is 9.73 Å². The van der Waals surface area contributed by atoms with Gasteiger partial charge in [-0.3, -0.25) is 0 Å². The van der Waals surface area contributed by atoms with E-state index in [0.29, 0.717) is 6.54 Å². The lowest BCUT2D eigenvalue weighted by molar-refractivity contribution is 0.424. The molecule has 1 aromatic carbocycles. The fourth-order valence-electron chi connectivity index (χ4n) is 1.99. The molecule has 2 rings (SSSR count). The van der Waals surface area contributed by atoms with Gasteiger partial charge in [0.05, 0.1) is 12.7 Å². The SMILES string of the molecule is CCc1cnc(CNC(C)c2ccc(C)c(C)c2)o1. The van der Waals surface area contributed by atoms with Crippen molar-refractivity contribution in [3.05, 3.63) is 52.7 Å². The summed E-state index contributed by atoms with van der Waals surface area (Å²) in [6.45, 7) is 9.17. The third kappa shape index (κ3) is 3.44. The van der Waals surface area contributed by atoms with Crippen LogP contribution in [0.25, 0.3) is 0 Å². The van der Waals surface area contributed by atoms with Crippen molar-refractivity contribution in [3.63, 3.8) is 0 Å². The molecule has 0 saturated carbocycles. The molecule has 19 heavy (non-hydrogen) atoms. The zero-order chi connectivity index (χ0) is 13.8. The van der Waals surface area contributed by atoms with Crippen LogP contribution in [0, 0.1) is 13.8 Å². The topological polar surface area (TPSA) is 38.1 Å². The van der Waals surface area contributed by atoms with Gasteiger partial charge in [0.15, 0.2) is 0 Å². The maximum absolute atomic E-state index is 5.59. The largest absolute Gasteiger partial charge is 0.444 e. The number of nitrogens with zero attached hydrogens (tertiary/aromatic N) is 1. The van der Waals surface area contributed by atoms with Crippen molar-refractivity contribution in [2.75, 3.05) is 0 Å². The number of hydrogen-bond acceptors (Lipinski definition) is 3. The van der Waals surface area contributed by atoms with Crippen LogP contribution in [0.1, 0.15) is 48.2 Å². The molecule has 0 bridgehead atoms. The molecule has 0 aliphatic heterocycles. The molecule has 1 aromatic heterocycles. The third-order valence-electron chi connectivity index (χ3n) is 3.54. The van der Waals surface area contributed by atoms with Crippen molar-refractivity contribution < 1.29 is 4.42 Å². The van der Waals surface area contributed by atoms with Crippen LogP contribution in [0.15, 0.2) is 28.8 Å². The average Bonchev–Trinajstić information content (AvgIpc) is 2.87. The van der Waals surface area contributed by atoms with Crippen molar-refractivity contribution in [1.29, 1.82) is 0 Å². The van der Waals surface area contributed by atoms with E-state index in [1.807, 2.05) is 0 Å². The average molecular weight is 258 g/mol. The fourth-order valence-corrected chi connectivity index (χ4v) is 1.99. The normalized spacial score (nSPS) is 12.6. The molecule has 3 heteroatoms. The van der Waals surface area contributed by atoms with Crippen molar-refractivity contribution >= 4 is 0 Å². The Bertz CT molecular complexity index is 545. The molecule has 0 radical (unpaired) electrons. The van der Waals surface area contributed by atoms with Gasteiger partial charge in [0.2, 0.25) is 5.89 Å². The number of aromatic nitrogens is 1. The van der Waals surface area contributed by atoms with Crippen molar-refractivity contribution in [3.8, 4) is 0 Å². The van der Waals surface area contributed by atoms with Crippen LogP contribution in [-0.4, -0.2) is 4.98 Å². The maximum Gasteiger partial charge on any atom is 0.208 e. The van der Waals surface area contributed by atoms with E-state index in [4.69, 9.17) is 4.42 Å². The van der Waals surface area contributed by atoms with E-state index in [2.05, 4.69) is 56.2 Å². The van der Waals surface area contributed by atoms with Crippen molar-refractivity contribution in [2.24, 2.45) is 0 Å². The minimum absolute atomic E-state index is 0.288. The van der Waals surface area contributed by atoms with Gasteiger partial charge in [-0.25, -0.2) is 4.98 Å². The summed E-state index contributed by atoms with van der Waals surface area (Å²) in [5.74, 6) is 1.70. The summed E-state index contributed by atoms with van der Waals surface area (Å²) >= 11 is 0. The highest BCUT2D eigenvalue weighted by atomic mass is 16.4. The maximum atomic E-state index is 5.59. The van der Waals surface area contributed by atoms with Gasteiger partial charge in [-0.2, -0.15) is 0 Å². The number of oxazole rings is 1. The van der Waals surface area contributed by atoms with Crippen LogP contribution in [0.4, 0.5) is 0 Å². The molecule has 3 nitrogen and oxygen atoms in total. The van der Waals surface area contributed by atoms with Crippen LogP contribution < -0.4 is 5.32 Å². The zero-order valence-electron chi connectivity index (χ0n) is 12.2. The zero-order valence-corrected chi connectivity index (χ0v) is 12.2. The second kappa shape index (κ2) is 6.02. The molecule has 0 aliphatic carbocycles. The van der Waals surface area contributed by atoms with Crippen LogP contribution in [0.5, 0.6) is 0 Å². The Morgan fingerprint density at radius 1 is 1.26 bits per heavy atom. The van der Waals surface area contributed by atoms with Crippen LogP contribution in [0.3, 0.4) is 0 Å². The Balaban J connectivity index is 1.96. The molecule has 0 spiro atoms. The van der Waals surface area contributed by atoms with E-state index in [0.717, 1.165) is 18.1 Å². The quantitative estimate of drug-likeness (QED) is 0.888. The molecular weight excluding hydrogens is 236 g/mol. The van der Waals surface area contributed by atoms with Crippen LogP contribution in [-0.2, 0) is 13.0 Å². The highest BCUT2D eigenvalue weighted by Gasteiger charge is 2.08. The first-order valence-corrected chi connectivity index (χ1v) is 6.84. The van der Waals surface area contributed by atoms with E-state index < -0.39 is 0 Å². The minimum atomic E-state index is 0.288. The number of aryl methyl sites for hydroxylation is 3. The Kier molecular flexibility index (Phi) is 4.38. The van der Waals surface area contributed by atoms with Gasteiger partial charge >= 0.3 is 0 Å². The van der Waals surface area contributed by atoms with E-state index >= 15 is 0 Å². The molecule has 0 saturated heterocycles. The van der Waals surface area contributed by atoms with Gasteiger partial charge in [-0.1, -0.05) is 25.1 Å². The van der Waals surface area contributed by atoms with Gasteiger partial charge in [0, 0.05) is 12.5 Å². The summed E-state index contributed by atoms with van der Waals surface area (Å²) in [5, 5.41) is 3.44. The Labute approximate surface area is 115 Å². The smallest absolute Gasteiger partial charge is 0.208 e. The molecule has 1 heterocycles. The predicted octanol–water partition coefficient (Wildman–Crippen LogP) is 3.70. The molecular formula is C16H22N2O. The van der Waals surface area contributed by atoms with E-state index in [1.165, 1.54) is 16.7 Å². The van der Waals surface area contributed by atoms with Gasteiger partial charge in [0.25, 0.3) is 0 Å². The van der Waals surface area contributed by atoms with Gasteiger partial charge in [-0.15, -0.1) is 0 Å². The summed E-state index contributed by atoms with van der Waals surface area (Å²) < 4.78 is 5.59. The molecule has 1 atom stereocenters. The highest BCUT2D eigenvalue weighted by molar-refractivity contribution is 5.31. The summed E-state index contributed by atoms with van der Waals surface area (Å²) in [4.78, 5) is 4.26. The molecule has 0 fully saturated rings.